The summed E-state index contributed by atoms with van der Waals surface area (Å²) in [6.07, 6.45) is 6.53. The Bertz CT molecular complexity index is 358. The summed E-state index contributed by atoms with van der Waals surface area (Å²) < 4.78 is 5.54. The van der Waals surface area contributed by atoms with Crippen LogP contribution < -0.4 is 9.64 Å². The molecule has 1 aromatic rings. The highest BCUT2D eigenvalue weighted by Gasteiger charge is 2.17. The van der Waals surface area contributed by atoms with Gasteiger partial charge in [0.2, 0.25) is 5.88 Å². The van der Waals surface area contributed by atoms with Crippen LogP contribution in [0.15, 0.2) is 12.4 Å². The zero-order valence-electron chi connectivity index (χ0n) is 12.1. The molecule has 0 atom stereocenters. The van der Waals surface area contributed by atoms with Crippen LogP contribution in [0, 0.1) is 0 Å². The van der Waals surface area contributed by atoms with Crippen LogP contribution in [0.1, 0.15) is 40.0 Å². The molecule has 0 unspecified atom stereocenters. The van der Waals surface area contributed by atoms with Crippen molar-refractivity contribution >= 4 is 17.4 Å². The quantitative estimate of drug-likeness (QED) is 0.651. The number of anilines is 1. The van der Waals surface area contributed by atoms with Crippen LogP contribution in [0.2, 0.25) is 0 Å². The molecule has 1 rings (SSSR count). The smallest absolute Gasteiger partial charge is 0.234 e. The minimum Gasteiger partial charge on any atom is -0.477 e. The van der Waals surface area contributed by atoms with E-state index >= 15 is 0 Å². The highest BCUT2D eigenvalue weighted by molar-refractivity contribution is 6.18. The maximum Gasteiger partial charge on any atom is 0.234 e. The van der Waals surface area contributed by atoms with Crippen LogP contribution >= 0.6 is 11.6 Å². The third kappa shape index (κ3) is 4.86. The lowest BCUT2D eigenvalue weighted by Gasteiger charge is -2.30. The van der Waals surface area contributed by atoms with E-state index in [0.29, 0.717) is 24.4 Å². The predicted molar refractivity (Wildman–Crippen MR) is 80.3 cm³/mol. The maximum atomic E-state index is 5.91. The number of nitrogens with zero attached hydrogens (tertiary/aromatic N) is 3. The van der Waals surface area contributed by atoms with E-state index in [1.54, 1.807) is 12.4 Å². The van der Waals surface area contributed by atoms with E-state index in [1.165, 1.54) is 0 Å². The predicted octanol–water partition coefficient (Wildman–Crippen LogP) is 3.50. The van der Waals surface area contributed by atoms with Crippen molar-refractivity contribution in [2.75, 3.05) is 23.9 Å². The third-order valence-electron chi connectivity index (χ3n) is 3.06. The van der Waals surface area contributed by atoms with Gasteiger partial charge in [0.05, 0.1) is 19.0 Å². The first-order valence-corrected chi connectivity index (χ1v) is 7.57. The van der Waals surface area contributed by atoms with Crippen molar-refractivity contribution in [2.24, 2.45) is 0 Å². The van der Waals surface area contributed by atoms with Gasteiger partial charge in [0, 0.05) is 18.5 Å². The van der Waals surface area contributed by atoms with Gasteiger partial charge in [0.15, 0.2) is 5.82 Å². The largest absolute Gasteiger partial charge is 0.477 e. The molecule has 0 radical (unpaired) electrons. The van der Waals surface area contributed by atoms with Gasteiger partial charge in [-0.1, -0.05) is 20.8 Å². The van der Waals surface area contributed by atoms with Crippen LogP contribution in [0.4, 0.5) is 5.82 Å². The fourth-order valence-corrected chi connectivity index (χ4v) is 2.24. The van der Waals surface area contributed by atoms with Crippen molar-refractivity contribution in [2.45, 2.75) is 46.1 Å². The Kier molecular flexibility index (Phi) is 7.56. The van der Waals surface area contributed by atoms with Gasteiger partial charge < -0.3 is 9.64 Å². The van der Waals surface area contributed by atoms with Gasteiger partial charge in [-0.15, -0.1) is 11.6 Å². The lowest BCUT2D eigenvalue weighted by atomic mass is 10.1. The second-order valence-electron chi connectivity index (χ2n) is 4.42. The number of hydrogen-bond acceptors (Lipinski definition) is 4. The fraction of sp³-hybridized carbons (Fsp3) is 0.714. The van der Waals surface area contributed by atoms with Crippen molar-refractivity contribution in [3.63, 3.8) is 0 Å². The highest BCUT2D eigenvalue weighted by Crippen LogP contribution is 2.20. The molecule has 0 spiro atoms. The summed E-state index contributed by atoms with van der Waals surface area (Å²) in [7, 11) is 0. The van der Waals surface area contributed by atoms with E-state index in [1.807, 2.05) is 0 Å². The lowest BCUT2D eigenvalue weighted by molar-refractivity contribution is 0.303. The first kappa shape index (κ1) is 16.0. The van der Waals surface area contributed by atoms with Gasteiger partial charge in [0.1, 0.15) is 0 Å². The number of alkyl halides is 1. The van der Waals surface area contributed by atoms with Gasteiger partial charge in [-0.25, -0.2) is 0 Å². The average molecular weight is 286 g/mol. The lowest BCUT2D eigenvalue weighted by Crippen LogP contribution is -2.36. The van der Waals surface area contributed by atoms with Crippen LogP contribution in [0.3, 0.4) is 0 Å². The molecular formula is C14H24ClN3O. The normalized spacial score (nSPS) is 10.8. The summed E-state index contributed by atoms with van der Waals surface area (Å²) in [5.74, 6) is 2.02. The van der Waals surface area contributed by atoms with E-state index in [0.717, 1.165) is 31.6 Å². The Morgan fingerprint density at radius 2 is 2.00 bits per heavy atom. The molecule has 0 N–H and O–H groups in total. The van der Waals surface area contributed by atoms with Crippen molar-refractivity contribution in [1.82, 2.24) is 9.97 Å². The molecule has 0 aliphatic carbocycles. The van der Waals surface area contributed by atoms with E-state index in [-0.39, 0.29) is 0 Å². The number of hydrogen-bond donors (Lipinski definition) is 0. The van der Waals surface area contributed by atoms with Crippen LogP contribution in [-0.2, 0) is 0 Å². The van der Waals surface area contributed by atoms with Crippen LogP contribution in [0.5, 0.6) is 5.88 Å². The van der Waals surface area contributed by atoms with E-state index in [2.05, 4.69) is 35.6 Å². The van der Waals surface area contributed by atoms with Crippen LogP contribution in [0.25, 0.3) is 0 Å². The zero-order chi connectivity index (χ0) is 14.1. The molecule has 0 aromatic carbocycles. The minimum atomic E-state index is 0.439. The van der Waals surface area contributed by atoms with Gasteiger partial charge >= 0.3 is 0 Å². The van der Waals surface area contributed by atoms with Crippen molar-refractivity contribution < 1.29 is 4.74 Å². The number of ether oxygens (including phenoxy) is 1. The van der Waals surface area contributed by atoms with Gasteiger partial charge in [-0.05, 0) is 19.3 Å². The SMILES string of the molecule is CCCOc1cncc(N(CCCl)C(CC)CC)n1. The van der Waals surface area contributed by atoms with Crippen LogP contribution in [-0.4, -0.2) is 35.0 Å². The Hall–Kier alpha value is -1.03. The molecule has 0 aliphatic heterocycles. The summed E-state index contributed by atoms with van der Waals surface area (Å²) in [6, 6.07) is 0.439. The third-order valence-corrected chi connectivity index (χ3v) is 3.23. The Labute approximate surface area is 121 Å². The Morgan fingerprint density at radius 1 is 1.26 bits per heavy atom. The monoisotopic (exact) mass is 285 g/mol. The number of rotatable bonds is 9. The summed E-state index contributed by atoms with van der Waals surface area (Å²) in [5.41, 5.74) is 0. The average Bonchev–Trinajstić information content (AvgIpc) is 2.45. The zero-order valence-corrected chi connectivity index (χ0v) is 12.9. The summed E-state index contributed by atoms with van der Waals surface area (Å²) in [6.45, 7) is 7.88. The molecule has 0 saturated carbocycles. The summed E-state index contributed by atoms with van der Waals surface area (Å²) in [4.78, 5) is 11.0. The first-order valence-electron chi connectivity index (χ1n) is 7.04. The van der Waals surface area contributed by atoms with E-state index < -0.39 is 0 Å². The molecular weight excluding hydrogens is 262 g/mol. The molecule has 0 bridgehead atoms. The van der Waals surface area contributed by atoms with Crippen molar-refractivity contribution in [3.05, 3.63) is 12.4 Å². The Morgan fingerprint density at radius 3 is 2.58 bits per heavy atom. The topological polar surface area (TPSA) is 38.2 Å². The minimum absolute atomic E-state index is 0.439. The number of halogens is 1. The fourth-order valence-electron chi connectivity index (χ4n) is 2.06. The second kappa shape index (κ2) is 8.97. The molecule has 19 heavy (non-hydrogen) atoms. The molecule has 0 amide bonds. The van der Waals surface area contributed by atoms with Crippen molar-refractivity contribution in [1.29, 1.82) is 0 Å². The van der Waals surface area contributed by atoms with Gasteiger partial charge in [-0.2, -0.15) is 4.98 Å². The molecule has 5 heteroatoms. The van der Waals surface area contributed by atoms with Crippen molar-refractivity contribution in [3.8, 4) is 5.88 Å². The maximum absolute atomic E-state index is 5.91. The molecule has 4 nitrogen and oxygen atoms in total. The molecule has 1 aromatic heterocycles. The summed E-state index contributed by atoms with van der Waals surface area (Å²) >= 11 is 5.91. The summed E-state index contributed by atoms with van der Waals surface area (Å²) in [5, 5.41) is 0. The molecule has 108 valence electrons. The highest BCUT2D eigenvalue weighted by atomic mass is 35.5. The molecule has 1 heterocycles. The van der Waals surface area contributed by atoms with Gasteiger partial charge in [-0.3, -0.25) is 4.98 Å². The van der Waals surface area contributed by atoms with E-state index in [9.17, 15) is 0 Å². The first-order chi connectivity index (χ1) is 9.26. The standard InChI is InChI=1S/C14H24ClN3O/c1-4-9-19-14-11-16-10-13(17-14)18(8-7-15)12(5-2)6-3/h10-12H,4-9H2,1-3H3. The molecule has 0 aliphatic rings. The van der Waals surface area contributed by atoms with Gasteiger partial charge in [0.25, 0.3) is 0 Å². The Balaban J connectivity index is 2.88. The van der Waals surface area contributed by atoms with E-state index in [4.69, 9.17) is 16.3 Å². The second-order valence-corrected chi connectivity index (χ2v) is 4.79. The molecule has 0 fully saturated rings. The molecule has 0 saturated heterocycles. The number of aromatic nitrogens is 2.